The number of carbonyl (C=O) groups excluding carboxylic acids is 1. The van der Waals surface area contributed by atoms with Gasteiger partial charge in [-0.25, -0.2) is 0 Å². The predicted octanol–water partition coefficient (Wildman–Crippen LogP) is 0.674. The summed E-state index contributed by atoms with van der Waals surface area (Å²) in [6.07, 6.45) is 0. The van der Waals surface area contributed by atoms with Crippen molar-refractivity contribution < 1.29 is 14.7 Å². The highest BCUT2D eigenvalue weighted by molar-refractivity contribution is 5.79. The van der Waals surface area contributed by atoms with E-state index in [-0.39, 0.29) is 12.5 Å². The van der Waals surface area contributed by atoms with E-state index in [0.717, 1.165) is 5.56 Å². The molecule has 1 atom stereocenters. The zero-order chi connectivity index (χ0) is 13.5. The standard InChI is InChI=1S/C13H18N2O3/c1-9-3-5-11(6-4-9)7-15-12(16)8-14-10(2)13(17)18/h3-6,10,14H,7-8H2,1-2H3,(H,15,16)(H,17,18)/t10-/m0/s1. The molecule has 1 rings (SSSR count). The molecule has 0 aliphatic heterocycles. The van der Waals surface area contributed by atoms with Crippen molar-refractivity contribution in [3.05, 3.63) is 35.4 Å². The van der Waals surface area contributed by atoms with E-state index in [4.69, 9.17) is 5.11 Å². The number of hydrogen-bond acceptors (Lipinski definition) is 3. The van der Waals surface area contributed by atoms with Crippen LogP contribution in [0.1, 0.15) is 18.1 Å². The smallest absolute Gasteiger partial charge is 0.320 e. The monoisotopic (exact) mass is 250 g/mol. The molecule has 1 aromatic rings. The molecule has 0 heterocycles. The highest BCUT2D eigenvalue weighted by Crippen LogP contribution is 2.02. The van der Waals surface area contributed by atoms with Crippen LogP contribution in [0.5, 0.6) is 0 Å². The molecule has 0 aromatic heterocycles. The van der Waals surface area contributed by atoms with Crippen LogP contribution < -0.4 is 10.6 Å². The van der Waals surface area contributed by atoms with Gasteiger partial charge in [-0.05, 0) is 19.4 Å². The molecule has 0 radical (unpaired) electrons. The van der Waals surface area contributed by atoms with E-state index in [9.17, 15) is 9.59 Å². The predicted molar refractivity (Wildman–Crippen MR) is 68.1 cm³/mol. The second kappa shape index (κ2) is 6.76. The van der Waals surface area contributed by atoms with Crippen LogP contribution in [-0.4, -0.2) is 29.6 Å². The molecule has 5 heteroatoms. The van der Waals surface area contributed by atoms with Gasteiger partial charge in [0.05, 0.1) is 6.54 Å². The fraction of sp³-hybridized carbons (Fsp3) is 0.385. The lowest BCUT2D eigenvalue weighted by atomic mass is 10.1. The molecule has 0 fully saturated rings. The third-order valence-electron chi connectivity index (χ3n) is 2.55. The quantitative estimate of drug-likeness (QED) is 0.693. The summed E-state index contributed by atoms with van der Waals surface area (Å²) in [5.41, 5.74) is 2.18. The lowest BCUT2D eigenvalue weighted by Gasteiger charge is -2.09. The molecular formula is C13H18N2O3. The molecule has 98 valence electrons. The van der Waals surface area contributed by atoms with E-state index in [1.807, 2.05) is 31.2 Å². The van der Waals surface area contributed by atoms with Gasteiger partial charge in [0.1, 0.15) is 6.04 Å². The largest absolute Gasteiger partial charge is 0.480 e. The third kappa shape index (κ3) is 4.97. The van der Waals surface area contributed by atoms with E-state index in [0.29, 0.717) is 6.54 Å². The summed E-state index contributed by atoms with van der Waals surface area (Å²) in [4.78, 5) is 22.0. The summed E-state index contributed by atoms with van der Waals surface area (Å²) in [6.45, 7) is 3.94. The number of aliphatic carboxylic acids is 1. The van der Waals surface area contributed by atoms with Crippen molar-refractivity contribution in [2.45, 2.75) is 26.4 Å². The number of amides is 1. The average molecular weight is 250 g/mol. The van der Waals surface area contributed by atoms with Crippen molar-refractivity contribution in [2.24, 2.45) is 0 Å². The van der Waals surface area contributed by atoms with E-state index >= 15 is 0 Å². The lowest BCUT2D eigenvalue weighted by molar-refractivity contribution is -0.139. The third-order valence-corrected chi connectivity index (χ3v) is 2.55. The van der Waals surface area contributed by atoms with Crippen LogP contribution in [0, 0.1) is 6.92 Å². The summed E-state index contributed by atoms with van der Waals surface area (Å²) in [5.74, 6) is -1.19. The maximum Gasteiger partial charge on any atom is 0.320 e. The van der Waals surface area contributed by atoms with Crippen molar-refractivity contribution in [2.75, 3.05) is 6.54 Å². The SMILES string of the molecule is Cc1ccc(CNC(=O)CN[C@@H](C)C(=O)O)cc1. The van der Waals surface area contributed by atoms with Gasteiger partial charge in [0, 0.05) is 6.54 Å². The molecule has 0 unspecified atom stereocenters. The first-order valence-electron chi connectivity index (χ1n) is 5.77. The number of nitrogens with one attached hydrogen (secondary N) is 2. The van der Waals surface area contributed by atoms with Gasteiger partial charge in [0.15, 0.2) is 0 Å². The van der Waals surface area contributed by atoms with Gasteiger partial charge in [-0.2, -0.15) is 0 Å². The Morgan fingerprint density at radius 2 is 1.89 bits per heavy atom. The molecule has 0 spiro atoms. The van der Waals surface area contributed by atoms with E-state index < -0.39 is 12.0 Å². The first-order valence-corrected chi connectivity index (χ1v) is 5.77. The molecule has 1 aromatic carbocycles. The molecule has 0 bridgehead atoms. The molecule has 0 aliphatic carbocycles. The van der Waals surface area contributed by atoms with Crippen molar-refractivity contribution in [1.29, 1.82) is 0 Å². The van der Waals surface area contributed by atoms with Crippen molar-refractivity contribution in [3.8, 4) is 0 Å². The number of benzene rings is 1. The van der Waals surface area contributed by atoms with Crippen LogP contribution in [-0.2, 0) is 16.1 Å². The molecule has 1 amide bonds. The fourth-order valence-corrected chi connectivity index (χ4v) is 1.30. The van der Waals surface area contributed by atoms with Gasteiger partial charge >= 0.3 is 5.97 Å². The summed E-state index contributed by atoms with van der Waals surface area (Å²) < 4.78 is 0. The molecule has 0 aliphatic rings. The fourth-order valence-electron chi connectivity index (χ4n) is 1.30. The van der Waals surface area contributed by atoms with Crippen LogP contribution in [0.3, 0.4) is 0 Å². The van der Waals surface area contributed by atoms with Crippen LogP contribution >= 0.6 is 0 Å². The topological polar surface area (TPSA) is 78.4 Å². The number of hydrogen-bond donors (Lipinski definition) is 3. The van der Waals surface area contributed by atoms with E-state index in [1.54, 1.807) is 0 Å². The average Bonchev–Trinajstić information content (AvgIpc) is 2.35. The van der Waals surface area contributed by atoms with Crippen LogP contribution in [0.4, 0.5) is 0 Å². The number of carbonyl (C=O) groups is 2. The Kier molecular flexibility index (Phi) is 5.32. The Morgan fingerprint density at radius 3 is 2.44 bits per heavy atom. The molecule has 0 saturated carbocycles. The van der Waals surface area contributed by atoms with E-state index in [2.05, 4.69) is 10.6 Å². The Balaban J connectivity index is 2.29. The Bertz CT molecular complexity index is 415. The second-order valence-electron chi connectivity index (χ2n) is 4.20. The molecular weight excluding hydrogens is 232 g/mol. The second-order valence-corrected chi connectivity index (χ2v) is 4.20. The molecule has 5 nitrogen and oxygen atoms in total. The maximum atomic E-state index is 11.4. The van der Waals surface area contributed by atoms with Crippen molar-refractivity contribution in [3.63, 3.8) is 0 Å². The van der Waals surface area contributed by atoms with Gasteiger partial charge in [-0.1, -0.05) is 29.8 Å². The first kappa shape index (κ1) is 14.2. The number of carboxylic acids is 1. The highest BCUT2D eigenvalue weighted by Gasteiger charge is 2.11. The van der Waals surface area contributed by atoms with Gasteiger partial charge in [-0.3, -0.25) is 14.9 Å². The summed E-state index contributed by atoms with van der Waals surface area (Å²) in [6, 6.07) is 7.12. The zero-order valence-corrected chi connectivity index (χ0v) is 10.6. The zero-order valence-electron chi connectivity index (χ0n) is 10.6. The summed E-state index contributed by atoms with van der Waals surface area (Å²) in [5, 5.41) is 14.0. The normalized spacial score (nSPS) is 11.9. The number of rotatable bonds is 6. The van der Waals surface area contributed by atoms with Crippen molar-refractivity contribution in [1.82, 2.24) is 10.6 Å². The lowest BCUT2D eigenvalue weighted by Crippen LogP contribution is -2.41. The highest BCUT2D eigenvalue weighted by atomic mass is 16.4. The van der Waals surface area contributed by atoms with E-state index in [1.165, 1.54) is 12.5 Å². The number of carboxylic acid groups (broad SMARTS) is 1. The Labute approximate surface area is 106 Å². The first-order chi connectivity index (χ1) is 8.49. The maximum absolute atomic E-state index is 11.4. The Morgan fingerprint density at radius 1 is 1.28 bits per heavy atom. The molecule has 18 heavy (non-hydrogen) atoms. The molecule has 3 N–H and O–H groups in total. The minimum atomic E-state index is -0.971. The molecule has 0 saturated heterocycles. The van der Waals surface area contributed by atoms with Gasteiger partial charge in [-0.15, -0.1) is 0 Å². The Hall–Kier alpha value is -1.88. The van der Waals surface area contributed by atoms with Gasteiger partial charge in [0.2, 0.25) is 5.91 Å². The summed E-state index contributed by atoms with van der Waals surface area (Å²) >= 11 is 0. The van der Waals surface area contributed by atoms with Gasteiger partial charge in [0.25, 0.3) is 0 Å². The van der Waals surface area contributed by atoms with Crippen molar-refractivity contribution >= 4 is 11.9 Å². The van der Waals surface area contributed by atoms with Crippen LogP contribution in [0.25, 0.3) is 0 Å². The minimum Gasteiger partial charge on any atom is -0.480 e. The van der Waals surface area contributed by atoms with Crippen LogP contribution in [0.2, 0.25) is 0 Å². The minimum absolute atomic E-state index is 0.000667. The number of aryl methyl sites for hydroxylation is 1. The van der Waals surface area contributed by atoms with Crippen LogP contribution in [0.15, 0.2) is 24.3 Å². The summed E-state index contributed by atoms with van der Waals surface area (Å²) in [7, 11) is 0. The van der Waals surface area contributed by atoms with Gasteiger partial charge < -0.3 is 10.4 Å².